The highest BCUT2D eigenvalue weighted by Gasteiger charge is 2.13. The van der Waals surface area contributed by atoms with Crippen LogP contribution in [0.1, 0.15) is 15.9 Å². The van der Waals surface area contributed by atoms with Crippen molar-refractivity contribution in [2.75, 3.05) is 12.8 Å². The topological polar surface area (TPSA) is 120 Å². The first-order valence-corrected chi connectivity index (χ1v) is 6.52. The summed E-state index contributed by atoms with van der Waals surface area (Å²) in [6.07, 6.45) is 1.44. The molecule has 2 aromatic carbocycles. The molecular weight excluding hydrogens is 300 g/mol. The van der Waals surface area contributed by atoms with E-state index in [2.05, 4.69) is 10.5 Å². The van der Waals surface area contributed by atoms with Crippen LogP contribution < -0.4 is 15.9 Å². The Morgan fingerprint density at radius 3 is 2.61 bits per heavy atom. The van der Waals surface area contributed by atoms with Crippen molar-refractivity contribution in [3.8, 4) is 5.75 Å². The normalized spacial score (nSPS) is 10.5. The maximum absolute atomic E-state index is 11.9. The lowest BCUT2D eigenvalue weighted by Gasteiger charge is -2.02. The van der Waals surface area contributed by atoms with Gasteiger partial charge in [-0.15, -0.1) is 0 Å². The van der Waals surface area contributed by atoms with Gasteiger partial charge in [-0.1, -0.05) is 0 Å². The number of nitrogen functional groups attached to an aromatic ring is 1. The number of benzene rings is 2. The van der Waals surface area contributed by atoms with Gasteiger partial charge in [-0.25, -0.2) is 5.43 Å². The lowest BCUT2D eigenvalue weighted by atomic mass is 10.1. The number of nitrogens with two attached hydrogens (primary N) is 1. The monoisotopic (exact) mass is 314 g/mol. The molecule has 0 saturated carbocycles. The van der Waals surface area contributed by atoms with Gasteiger partial charge in [0.05, 0.1) is 23.8 Å². The van der Waals surface area contributed by atoms with Gasteiger partial charge in [0.15, 0.2) is 0 Å². The number of carbonyl (C=O) groups is 1. The van der Waals surface area contributed by atoms with Gasteiger partial charge in [0, 0.05) is 17.8 Å². The summed E-state index contributed by atoms with van der Waals surface area (Å²) in [6.45, 7) is 0. The third-order valence-corrected chi connectivity index (χ3v) is 2.91. The van der Waals surface area contributed by atoms with Gasteiger partial charge in [-0.05, 0) is 35.9 Å². The number of nitrogens with zero attached hydrogens (tertiary/aromatic N) is 2. The molecule has 0 heterocycles. The number of nitro groups is 1. The third-order valence-electron chi connectivity index (χ3n) is 2.91. The fraction of sp³-hybridized carbons (Fsp3) is 0.0667. The number of hydrogen-bond acceptors (Lipinski definition) is 6. The standard InChI is InChI=1S/C15H14N4O4/c1-23-14-4-2-10(3-5-14)9-17-18-15(20)11-6-12(16)8-13(7-11)19(21)22/h2-9H,16H2,1H3,(H,18,20)/b17-9-. The minimum absolute atomic E-state index is 0.0589. The highest BCUT2D eigenvalue weighted by Crippen LogP contribution is 2.18. The van der Waals surface area contributed by atoms with Crippen LogP contribution in [-0.2, 0) is 0 Å². The molecule has 0 fully saturated rings. The molecular formula is C15H14N4O4. The Morgan fingerprint density at radius 1 is 1.30 bits per heavy atom. The average molecular weight is 314 g/mol. The highest BCUT2D eigenvalue weighted by molar-refractivity contribution is 5.96. The summed E-state index contributed by atoms with van der Waals surface area (Å²) >= 11 is 0. The number of methoxy groups -OCH3 is 1. The number of carbonyl (C=O) groups excluding carboxylic acids is 1. The van der Waals surface area contributed by atoms with Crippen molar-refractivity contribution in [2.45, 2.75) is 0 Å². The molecule has 0 unspecified atom stereocenters. The largest absolute Gasteiger partial charge is 0.497 e. The minimum atomic E-state index is -0.617. The molecule has 0 bridgehead atoms. The lowest BCUT2D eigenvalue weighted by molar-refractivity contribution is -0.384. The van der Waals surface area contributed by atoms with E-state index in [1.54, 1.807) is 31.4 Å². The van der Waals surface area contributed by atoms with E-state index in [4.69, 9.17) is 10.5 Å². The van der Waals surface area contributed by atoms with Gasteiger partial charge >= 0.3 is 0 Å². The zero-order chi connectivity index (χ0) is 16.8. The van der Waals surface area contributed by atoms with Crippen LogP contribution in [0.2, 0.25) is 0 Å². The molecule has 0 saturated heterocycles. The van der Waals surface area contributed by atoms with Crippen LogP contribution in [0.5, 0.6) is 5.75 Å². The number of anilines is 1. The van der Waals surface area contributed by atoms with Gasteiger partial charge < -0.3 is 10.5 Å². The van der Waals surface area contributed by atoms with E-state index in [-0.39, 0.29) is 16.9 Å². The van der Waals surface area contributed by atoms with Crippen molar-refractivity contribution in [1.82, 2.24) is 5.43 Å². The molecule has 0 aliphatic heterocycles. The SMILES string of the molecule is COc1ccc(/C=N\NC(=O)c2cc(N)cc([N+](=O)[O-])c2)cc1. The molecule has 8 nitrogen and oxygen atoms in total. The summed E-state index contributed by atoms with van der Waals surface area (Å²) in [6, 6.07) is 10.7. The maximum atomic E-state index is 11.9. The number of hydrogen-bond donors (Lipinski definition) is 2. The smallest absolute Gasteiger partial charge is 0.272 e. The fourth-order valence-corrected chi connectivity index (χ4v) is 1.79. The van der Waals surface area contributed by atoms with E-state index in [1.165, 1.54) is 18.3 Å². The third kappa shape index (κ3) is 4.27. The summed E-state index contributed by atoms with van der Waals surface area (Å²) in [5.41, 5.74) is 8.52. The molecule has 3 N–H and O–H groups in total. The Morgan fingerprint density at radius 2 is 2.00 bits per heavy atom. The van der Waals surface area contributed by atoms with Crippen molar-refractivity contribution in [2.24, 2.45) is 5.10 Å². The molecule has 2 aromatic rings. The van der Waals surface area contributed by atoms with E-state index >= 15 is 0 Å². The van der Waals surface area contributed by atoms with Crippen LogP contribution in [-0.4, -0.2) is 24.2 Å². The Balaban J connectivity index is 2.06. The molecule has 0 aliphatic rings. The summed E-state index contributed by atoms with van der Waals surface area (Å²) in [5, 5.41) is 14.6. The number of ether oxygens (including phenoxy) is 1. The van der Waals surface area contributed by atoms with Crippen LogP contribution in [0.3, 0.4) is 0 Å². The highest BCUT2D eigenvalue weighted by atomic mass is 16.6. The van der Waals surface area contributed by atoms with Crippen LogP contribution in [0.4, 0.5) is 11.4 Å². The van der Waals surface area contributed by atoms with Crippen LogP contribution >= 0.6 is 0 Å². The van der Waals surface area contributed by atoms with Crippen molar-refractivity contribution < 1.29 is 14.5 Å². The maximum Gasteiger partial charge on any atom is 0.272 e. The van der Waals surface area contributed by atoms with Gasteiger partial charge in [-0.2, -0.15) is 5.10 Å². The Labute approximate surface area is 131 Å². The summed E-state index contributed by atoms with van der Waals surface area (Å²) in [5.74, 6) is 0.114. The van der Waals surface area contributed by atoms with Gasteiger partial charge in [-0.3, -0.25) is 14.9 Å². The first-order valence-electron chi connectivity index (χ1n) is 6.52. The molecule has 0 aromatic heterocycles. The molecule has 8 heteroatoms. The summed E-state index contributed by atoms with van der Waals surface area (Å²) in [7, 11) is 1.56. The fourth-order valence-electron chi connectivity index (χ4n) is 1.79. The van der Waals surface area contributed by atoms with E-state index in [9.17, 15) is 14.9 Å². The molecule has 0 radical (unpaired) electrons. The first kappa shape index (κ1) is 16.0. The number of rotatable bonds is 5. The quantitative estimate of drug-likeness (QED) is 0.378. The zero-order valence-electron chi connectivity index (χ0n) is 12.2. The predicted octanol–water partition coefficient (Wildman–Crippen LogP) is 1.95. The molecule has 0 spiro atoms. The number of hydrazone groups is 1. The molecule has 1 amide bonds. The van der Waals surface area contributed by atoms with Crippen LogP contribution in [0, 0.1) is 10.1 Å². The van der Waals surface area contributed by atoms with Crippen molar-refractivity contribution in [1.29, 1.82) is 0 Å². The van der Waals surface area contributed by atoms with E-state index in [1.807, 2.05) is 0 Å². The zero-order valence-corrected chi connectivity index (χ0v) is 12.2. The Kier molecular flexibility index (Phi) is 4.88. The van der Waals surface area contributed by atoms with Crippen LogP contribution in [0.25, 0.3) is 0 Å². The summed E-state index contributed by atoms with van der Waals surface area (Å²) < 4.78 is 5.03. The number of nitrogens with one attached hydrogen (secondary N) is 1. The second-order valence-electron chi connectivity index (χ2n) is 4.54. The Hall–Kier alpha value is -3.42. The lowest BCUT2D eigenvalue weighted by Crippen LogP contribution is -2.18. The second kappa shape index (κ2) is 7.03. The summed E-state index contributed by atoms with van der Waals surface area (Å²) in [4.78, 5) is 22.1. The number of non-ortho nitro benzene ring substituents is 1. The van der Waals surface area contributed by atoms with E-state index in [0.717, 1.165) is 11.6 Å². The predicted molar refractivity (Wildman–Crippen MR) is 85.6 cm³/mol. The van der Waals surface area contributed by atoms with E-state index in [0.29, 0.717) is 5.75 Å². The number of nitro benzene ring substituents is 1. The molecule has 0 atom stereocenters. The second-order valence-corrected chi connectivity index (χ2v) is 4.54. The average Bonchev–Trinajstić information content (AvgIpc) is 2.54. The Bertz CT molecular complexity index is 757. The molecule has 118 valence electrons. The van der Waals surface area contributed by atoms with Gasteiger partial charge in [0.1, 0.15) is 5.75 Å². The van der Waals surface area contributed by atoms with Crippen molar-refractivity contribution in [3.63, 3.8) is 0 Å². The molecule has 0 aliphatic carbocycles. The number of amides is 1. The molecule has 23 heavy (non-hydrogen) atoms. The van der Waals surface area contributed by atoms with Gasteiger partial charge in [0.25, 0.3) is 11.6 Å². The molecule has 2 rings (SSSR count). The van der Waals surface area contributed by atoms with E-state index < -0.39 is 10.8 Å². The minimum Gasteiger partial charge on any atom is -0.497 e. The van der Waals surface area contributed by atoms with Crippen molar-refractivity contribution >= 4 is 23.5 Å². The van der Waals surface area contributed by atoms with Gasteiger partial charge in [0.2, 0.25) is 0 Å². The van der Waals surface area contributed by atoms with Crippen LogP contribution in [0.15, 0.2) is 47.6 Å². The van der Waals surface area contributed by atoms with Crippen molar-refractivity contribution in [3.05, 3.63) is 63.7 Å². The first-order chi connectivity index (χ1) is 11.0.